The molecule has 0 bridgehead atoms. The van der Waals surface area contributed by atoms with E-state index in [2.05, 4.69) is 20.1 Å². The predicted octanol–water partition coefficient (Wildman–Crippen LogP) is 0.325. The number of carbonyl (C=O) groups excluding carboxylic acids is 1. The van der Waals surface area contributed by atoms with Gasteiger partial charge in [0, 0.05) is 32.5 Å². The van der Waals surface area contributed by atoms with Gasteiger partial charge in [-0.3, -0.25) is 4.79 Å². The Morgan fingerprint density at radius 1 is 1.47 bits per heavy atom. The molecule has 0 aromatic carbocycles. The van der Waals surface area contributed by atoms with E-state index >= 15 is 0 Å². The van der Waals surface area contributed by atoms with Gasteiger partial charge in [0.05, 0.1) is 6.54 Å². The van der Waals surface area contributed by atoms with E-state index in [1.54, 1.807) is 4.90 Å². The Labute approximate surface area is 113 Å². The lowest BCUT2D eigenvalue weighted by Gasteiger charge is -2.19. The molecule has 6 nitrogen and oxygen atoms in total. The molecule has 0 saturated carbocycles. The van der Waals surface area contributed by atoms with Crippen LogP contribution in [0.4, 0.5) is 0 Å². The van der Waals surface area contributed by atoms with Crippen LogP contribution in [0.5, 0.6) is 0 Å². The first-order valence-corrected chi connectivity index (χ1v) is 7.12. The van der Waals surface area contributed by atoms with Crippen molar-refractivity contribution >= 4 is 5.91 Å². The summed E-state index contributed by atoms with van der Waals surface area (Å²) in [4.78, 5) is 13.9. The first-order valence-electron chi connectivity index (χ1n) is 7.12. The van der Waals surface area contributed by atoms with Crippen LogP contribution in [-0.2, 0) is 24.3 Å². The fraction of sp³-hybridized carbons (Fsp3) is 0.769. The maximum Gasteiger partial charge on any atom is 0.224 e. The minimum absolute atomic E-state index is 0.190. The highest BCUT2D eigenvalue weighted by Crippen LogP contribution is 2.16. The molecule has 3 rings (SSSR count). The third kappa shape index (κ3) is 2.63. The van der Waals surface area contributed by atoms with Crippen molar-refractivity contribution in [2.75, 3.05) is 13.6 Å². The molecule has 2 aliphatic heterocycles. The summed E-state index contributed by atoms with van der Waals surface area (Å²) in [5, 5.41) is 11.7. The van der Waals surface area contributed by atoms with Crippen LogP contribution in [0.15, 0.2) is 0 Å². The highest BCUT2D eigenvalue weighted by atomic mass is 16.2. The predicted molar refractivity (Wildman–Crippen MR) is 70.5 cm³/mol. The van der Waals surface area contributed by atoms with E-state index in [9.17, 15) is 4.79 Å². The standard InChI is InChI=1S/C13H21N5O/c1-17(13(19)8-10-4-2-6-14-10)9-12-16-15-11-5-3-7-18(11)12/h10,14H,2-9H2,1H3. The van der Waals surface area contributed by atoms with Crippen molar-refractivity contribution in [2.45, 2.75) is 51.2 Å². The van der Waals surface area contributed by atoms with Crippen molar-refractivity contribution in [1.29, 1.82) is 0 Å². The normalized spacial score (nSPS) is 21.6. The number of amides is 1. The number of nitrogens with zero attached hydrogens (tertiary/aromatic N) is 4. The Balaban J connectivity index is 1.57. The van der Waals surface area contributed by atoms with Gasteiger partial charge in [-0.25, -0.2) is 0 Å². The quantitative estimate of drug-likeness (QED) is 0.850. The van der Waals surface area contributed by atoms with E-state index in [1.165, 1.54) is 6.42 Å². The number of fused-ring (bicyclic) bond motifs is 1. The van der Waals surface area contributed by atoms with E-state index < -0.39 is 0 Å². The number of hydrogen-bond donors (Lipinski definition) is 1. The highest BCUT2D eigenvalue weighted by Gasteiger charge is 2.22. The Bertz CT molecular complexity index is 464. The monoisotopic (exact) mass is 263 g/mol. The average molecular weight is 263 g/mol. The van der Waals surface area contributed by atoms with Crippen LogP contribution < -0.4 is 5.32 Å². The molecule has 1 atom stereocenters. The lowest BCUT2D eigenvalue weighted by Crippen LogP contribution is -2.33. The second kappa shape index (κ2) is 5.28. The summed E-state index contributed by atoms with van der Waals surface area (Å²) < 4.78 is 2.15. The van der Waals surface area contributed by atoms with Crippen molar-refractivity contribution in [3.8, 4) is 0 Å². The molecule has 1 unspecified atom stereocenters. The maximum absolute atomic E-state index is 12.2. The highest BCUT2D eigenvalue weighted by molar-refractivity contribution is 5.76. The Kier molecular flexibility index (Phi) is 3.50. The average Bonchev–Trinajstić information content (AvgIpc) is 3.07. The smallest absolute Gasteiger partial charge is 0.224 e. The molecule has 0 radical (unpaired) electrons. The molecule has 1 amide bonds. The van der Waals surface area contributed by atoms with Crippen LogP contribution in [0, 0.1) is 0 Å². The topological polar surface area (TPSA) is 63.1 Å². The van der Waals surface area contributed by atoms with Gasteiger partial charge in [0.1, 0.15) is 5.82 Å². The number of aromatic nitrogens is 3. The van der Waals surface area contributed by atoms with E-state index in [-0.39, 0.29) is 5.91 Å². The fourth-order valence-corrected chi connectivity index (χ4v) is 2.93. The summed E-state index contributed by atoms with van der Waals surface area (Å²) in [6, 6.07) is 0.360. The molecule has 0 spiro atoms. The molecule has 19 heavy (non-hydrogen) atoms. The Morgan fingerprint density at radius 3 is 3.16 bits per heavy atom. The van der Waals surface area contributed by atoms with Gasteiger partial charge in [-0.05, 0) is 25.8 Å². The number of hydrogen-bond acceptors (Lipinski definition) is 4. The van der Waals surface area contributed by atoms with Crippen molar-refractivity contribution in [3.63, 3.8) is 0 Å². The summed E-state index contributed by atoms with van der Waals surface area (Å²) in [6.45, 7) is 2.60. The lowest BCUT2D eigenvalue weighted by atomic mass is 10.1. The second-order valence-corrected chi connectivity index (χ2v) is 5.53. The van der Waals surface area contributed by atoms with Crippen LogP contribution in [0.2, 0.25) is 0 Å². The number of aryl methyl sites for hydroxylation is 1. The SMILES string of the molecule is CN(Cc1nnc2n1CCC2)C(=O)CC1CCCN1. The fourth-order valence-electron chi connectivity index (χ4n) is 2.93. The number of nitrogens with one attached hydrogen (secondary N) is 1. The molecule has 104 valence electrons. The molecule has 1 aromatic rings. The van der Waals surface area contributed by atoms with Crippen molar-refractivity contribution in [2.24, 2.45) is 0 Å². The minimum atomic E-state index is 0.190. The summed E-state index contributed by atoms with van der Waals surface area (Å²) in [6.07, 6.45) is 5.04. The van der Waals surface area contributed by atoms with Gasteiger partial charge in [-0.1, -0.05) is 0 Å². The third-order valence-corrected chi connectivity index (χ3v) is 4.07. The summed E-state index contributed by atoms with van der Waals surface area (Å²) >= 11 is 0. The molecular formula is C13H21N5O. The largest absolute Gasteiger partial charge is 0.338 e. The number of rotatable bonds is 4. The molecular weight excluding hydrogens is 242 g/mol. The molecule has 6 heteroatoms. The van der Waals surface area contributed by atoms with Gasteiger partial charge >= 0.3 is 0 Å². The molecule has 1 saturated heterocycles. The first kappa shape index (κ1) is 12.6. The van der Waals surface area contributed by atoms with Crippen LogP contribution >= 0.6 is 0 Å². The third-order valence-electron chi connectivity index (χ3n) is 4.07. The van der Waals surface area contributed by atoms with E-state index in [0.717, 1.165) is 44.0 Å². The maximum atomic E-state index is 12.2. The van der Waals surface area contributed by atoms with Gasteiger partial charge < -0.3 is 14.8 Å². The van der Waals surface area contributed by atoms with Crippen LogP contribution in [-0.4, -0.2) is 45.2 Å². The summed E-state index contributed by atoms with van der Waals surface area (Å²) in [7, 11) is 1.86. The van der Waals surface area contributed by atoms with Crippen LogP contribution in [0.3, 0.4) is 0 Å². The van der Waals surface area contributed by atoms with Gasteiger partial charge in [-0.15, -0.1) is 10.2 Å². The molecule has 2 aliphatic rings. The zero-order valence-electron chi connectivity index (χ0n) is 11.4. The van der Waals surface area contributed by atoms with E-state index in [4.69, 9.17) is 0 Å². The Hall–Kier alpha value is -1.43. The lowest BCUT2D eigenvalue weighted by molar-refractivity contribution is -0.131. The summed E-state index contributed by atoms with van der Waals surface area (Å²) in [5.74, 6) is 2.17. The van der Waals surface area contributed by atoms with Crippen molar-refractivity contribution in [3.05, 3.63) is 11.6 Å². The zero-order valence-corrected chi connectivity index (χ0v) is 11.4. The molecule has 0 aliphatic carbocycles. The first-order chi connectivity index (χ1) is 9.24. The second-order valence-electron chi connectivity index (χ2n) is 5.53. The van der Waals surface area contributed by atoms with Gasteiger partial charge in [-0.2, -0.15) is 0 Å². The van der Waals surface area contributed by atoms with Crippen LogP contribution in [0.1, 0.15) is 37.3 Å². The van der Waals surface area contributed by atoms with Gasteiger partial charge in [0.2, 0.25) is 5.91 Å². The number of carbonyl (C=O) groups is 1. The zero-order chi connectivity index (χ0) is 13.2. The van der Waals surface area contributed by atoms with Gasteiger partial charge in [0.25, 0.3) is 0 Å². The van der Waals surface area contributed by atoms with Crippen molar-refractivity contribution < 1.29 is 4.79 Å². The van der Waals surface area contributed by atoms with Crippen molar-refractivity contribution in [1.82, 2.24) is 25.0 Å². The molecule has 1 fully saturated rings. The molecule has 3 heterocycles. The Morgan fingerprint density at radius 2 is 2.37 bits per heavy atom. The molecule has 1 aromatic heterocycles. The summed E-state index contributed by atoms with van der Waals surface area (Å²) in [5.41, 5.74) is 0. The van der Waals surface area contributed by atoms with E-state index in [1.807, 2.05) is 7.05 Å². The minimum Gasteiger partial charge on any atom is -0.338 e. The van der Waals surface area contributed by atoms with Gasteiger partial charge in [0.15, 0.2) is 5.82 Å². The van der Waals surface area contributed by atoms with E-state index in [0.29, 0.717) is 19.0 Å². The van der Waals surface area contributed by atoms with Crippen LogP contribution in [0.25, 0.3) is 0 Å². The molecule has 1 N–H and O–H groups in total.